The Morgan fingerprint density at radius 3 is 2.80 bits per heavy atom. The number of rotatable bonds is 2. The molecule has 3 aromatic rings. The molecule has 0 bridgehead atoms. The van der Waals surface area contributed by atoms with Crippen molar-refractivity contribution >= 4 is 16.8 Å². The van der Waals surface area contributed by atoms with Gasteiger partial charge in [-0.3, -0.25) is 4.79 Å². The summed E-state index contributed by atoms with van der Waals surface area (Å²) in [5, 5.41) is 13.3. The van der Waals surface area contributed by atoms with Gasteiger partial charge >= 0.3 is 0 Å². The molecule has 1 unspecified atom stereocenters. The molecule has 1 heterocycles. The van der Waals surface area contributed by atoms with Crippen LogP contribution < -0.4 is 5.32 Å². The van der Waals surface area contributed by atoms with E-state index in [0.717, 1.165) is 30.5 Å². The smallest absolute Gasteiger partial charge is 0.251 e. The quantitative estimate of drug-likeness (QED) is 0.741. The van der Waals surface area contributed by atoms with Crippen molar-refractivity contribution in [2.24, 2.45) is 0 Å². The molecule has 0 saturated carbocycles. The number of aryl methyl sites for hydroxylation is 2. The third-order valence-corrected chi connectivity index (χ3v) is 4.94. The molecule has 25 heavy (non-hydrogen) atoms. The number of H-pyrrole nitrogens is 1. The fourth-order valence-electron chi connectivity index (χ4n) is 3.66. The number of aromatic nitrogens is 1. The van der Waals surface area contributed by atoms with Crippen LogP contribution >= 0.6 is 0 Å². The van der Waals surface area contributed by atoms with Crippen molar-refractivity contribution in [1.29, 1.82) is 5.26 Å². The Kier molecular flexibility index (Phi) is 3.77. The molecule has 2 N–H and O–H groups in total. The van der Waals surface area contributed by atoms with Crippen LogP contribution in [0.5, 0.6) is 0 Å². The summed E-state index contributed by atoms with van der Waals surface area (Å²) in [6, 6.07) is 15.3. The van der Waals surface area contributed by atoms with Crippen molar-refractivity contribution in [3.8, 4) is 6.07 Å². The van der Waals surface area contributed by atoms with E-state index in [1.807, 2.05) is 0 Å². The van der Waals surface area contributed by atoms with Gasteiger partial charge in [0, 0.05) is 22.2 Å². The average Bonchev–Trinajstić information content (AvgIpc) is 3.01. The highest BCUT2D eigenvalue weighted by molar-refractivity contribution is 5.95. The van der Waals surface area contributed by atoms with Crippen LogP contribution in [0.3, 0.4) is 0 Å². The van der Waals surface area contributed by atoms with E-state index in [2.05, 4.69) is 41.5 Å². The van der Waals surface area contributed by atoms with E-state index in [4.69, 9.17) is 5.26 Å². The molecule has 124 valence electrons. The summed E-state index contributed by atoms with van der Waals surface area (Å²) in [5.74, 6) is -0.0998. The fraction of sp³-hybridized carbons (Fsp3) is 0.238. The van der Waals surface area contributed by atoms with Crippen LogP contribution in [0.1, 0.15) is 51.6 Å². The molecule has 0 spiro atoms. The Labute approximate surface area is 146 Å². The maximum Gasteiger partial charge on any atom is 0.251 e. The number of nitrogens with one attached hydrogen (secondary N) is 2. The maximum absolute atomic E-state index is 12.6. The Morgan fingerprint density at radius 2 is 2.04 bits per heavy atom. The summed E-state index contributed by atoms with van der Waals surface area (Å²) in [6.07, 6.45) is 3.04. The predicted molar refractivity (Wildman–Crippen MR) is 97.3 cm³/mol. The minimum absolute atomic E-state index is 0.000371. The van der Waals surface area contributed by atoms with E-state index < -0.39 is 0 Å². The first kappa shape index (κ1) is 15.5. The van der Waals surface area contributed by atoms with Crippen molar-refractivity contribution in [3.05, 3.63) is 70.4 Å². The molecule has 0 fully saturated rings. The molecule has 1 aromatic heterocycles. The standard InChI is InChI=1S/C21H19N3O/c1-13-5-10-18-17(11-13)16-3-2-4-19(20(16)23-18)24-21(25)15-8-6-14(12-22)7-9-15/h5-11,19,23H,2-4H2,1H3,(H,24,25). The number of nitriles is 1. The monoisotopic (exact) mass is 329 g/mol. The van der Waals surface area contributed by atoms with Crippen LogP contribution in [0.2, 0.25) is 0 Å². The number of nitrogens with zero attached hydrogens (tertiary/aromatic N) is 1. The Hall–Kier alpha value is -3.06. The third kappa shape index (κ3) is 2.78. The van der Waals surface area contributed by atoms with Gasteiger partial charge in [0.2, 0.25) is 0 Å². The van der Waals surface area contributed by atoms with Gasteiger partial charge in [0.15, 0.2) is 0 Å². The first-order valence-corrected chi connectivity index (χ1v) is 8.58. The van der Waals surface area contributed by atoms with Crippen LogP contribution in [0, 0.1) is 18.3 Å². The van der Waals surface area contributed by atoms with E-state index in [9.17, 15) is 4.79 Å². The lowest BCUT2D eigenvalue weighted by molar-refractivity contribution is 0.0932. The maximum atomic E-state index is 12.6. The summed E-state index contributed by atoms with van der Waals surface area (Å²) in [4.78, 5) is 16.1. The molecule has 1 atom stereocenters. The molecule has 1 aliphatic carbocycles. The Balaban J connectivity index is 1.63. The lowest BCUT2D eigenvalue weighted by Gasteiger charge is -2.24. The van der Waals surface area contributed by atoms with Gasteiger partial charge in [0.25, 0.3) is 5.91 Å². The highest BCUT2D eigenvalue weighted by atomic mass is 16.1. The molecule has 4 nitrogen and oxygen atoms in total. The molecular weight excluding hydrogens is 310 g/mol. The van der Waals surface area contributed by atoms with E-state index >= 15 is 0 Å². The van der Waals surface area contributed by atoms with Crippen molar-refractivity contribution in [2.45, 2.75) is 32.2 Å². The Bertz CT molecular complexity index is 992. The molecule has 0 radical (unpaired) electrons. The van der Waals surface area contributed by atoms with Crippen LogP contribution in [0.4, 0.5) is 0 Å². The Morgan fingerprint density at radius 1 is 1.24 bits per heavy atom. The topological polar surface area (TPSA) is 68.7 Å². The van der Waals surface area contributed by atoms with E-state index in [0.29, 0.717) is 11.1 Å². The van der Waals surface area contributed by atoms with Gasteiger partial charge in [-0.2, -0.15) is 5.26 Å². The van der Waals surface area contributed by atoms with Crippen LogP contribution in [-0.4, -0.2) is 10.9 Å². The molecule has 1 amide bonds. The highest BCUT2D eigenvalue weighted by Crippen LogP contribution is 2.35. The number of amides is 1. The number of carbonyl (C=O) groups excluding carboxylic acids is 1. The van der Waals surface area contributed by atoms with Crippen LogP contribution in [0.25, 0.3) is 10.9 Å². The second-order valence-corrected chi connectivity index (χ2v) is 6.67. The summed E-state index contributed by atoms with van der Waals surface area (Å²) in [7, 11) is 0. The van der Waals surface area contributed by atoms with Crippen molar-refractivity contribution in [1.82, 2.24) is 10.3 Å². The first-order chi connectivity index (χ1) is 12.2. The minimum Gasteiger partial charge on any atom is -0.356 e. The summed E-state index contributed by atoms with van der Waals surface area (Å²) < 4.78 is 0. The van der Waals surface area contributed by atoms with Gasteiger partial charge in [-0.15, -0.1) is 0 Å². The predicted octanol–water partition coefficient (Wildman–Crippen LogP) is 4.16. The molecule has 1 aliphatic rings. The average molecular weight is 329 g/mol. The van der Waals surface area contributed by atoms with Gasteiger partial charge < -0.3 is 10.3 Å². The molecule has 2 aromatic carbocycles. The molecular formula is C21H19N3O. The zero-order chi connectivity index (χ0) is 17.4. The summed E-state index contributed by atoms with van der Waals surface area (Å²) in [5.41, 5.74) is 5.98. The van der Waals surface area contributed by atoms with Crippen molar-refractivity contribution in [2.75, 3.05) is 0 Å². The molecule has 0 saturated heterocycles. The number of hydrogen-bond donors (Lipinski definition) is 2. The summed E-state index contributed by atoms with van der Waals surface area (Å²) >= 11 is 0. The lowest BCUT2D eigenvalue weighted by Crippen LogP contribution is -2.31. The van der Waals surface area contributed by atoms with Crippen molar-refractivity contribution in [3.63, 3.8) is 0 Å². The SMILES string of the molecule is Cc1ccc2[nH]c3c(c2c1)CCCC3NC(=O)c1ccc(C#N)cc1. The minimum atomic E-state index is -0.0998. The zero-order valence-corrected chi connectivity index (χ0v) is 14.1. The van der Waals surface area contributed by atoms with E-state index in [1.54, 1.807) is 24.3 Å². The second-order valence-electron chi connectivity index (χ2n) is 6.67. The van der Waals surface area contributed by atoms with E-state index in [-0.39, 0.29) is 11.9 Å². The van der Waals surface area contributed by atoms with Crippen molar-refractivity contribution < 1.29 is 4.79 Å². The number of aromatic amines is 1. The third-order valence-electron chi connectivity index (χ3n) is 4.94. The number of fused-ring (bicyclic) bond motifs is 3. The van der Waals surface area contributed by atoms with Gasteiger partial charge in [0.05, 0.1) is 17.7 Å². The fourth-order valence-corrected chi connectivity index (χ4v) is 3.66. The van der Waals surface area contributed by atoms with Crippen LogP contribution in [-0.2, 0) is 6.42 Å². The molecule has 4 rings (SSSR count). The molecule has 0 aliphatic heterocycles. The van der Waals surface area contributed by atoms with Gasteiger partial charge in [-0.25, -0.2) is 0 Å². The second kappa shape index (κ2) is 6.10. The van der Waals surface area contributed by atoms with Gasteiger partial charge in [-0.1, -0.05) is 11.6 Å². The van der Waals surface area contributed by atoms with Gasteiger partial charge in [0.1, 0.15) is 0 Å². The molecule has 4 heteroatoms. The number of hydrogen-bond acceptors (Lipinski definition) is 2. The first-order valence-electron chi connectivity index (χ1n) is 8.58. The number of benzene rings is 2. The largest absolute Gasteiger partial charge is 0.356 e. The zero-order valence-electron chi connectivity index (χ0n) is 14.1. The summed E-state index contributed by atoms with van der Waals surface area (Å²) in [6.45, 7) is 2.10. The van der Waals surface area contributed by atoms with E-state index in [1.165, 1.54) is 16.5 Å². The highest BCUT2D eigenvalue weighted by Gasteiger charge is 2.25. The van der Waals surface area contributed by atoms with Crippen LogP contribution in [0.15, 0.2) is 42.5 Å². The normalized spacial score (nSPS) is 16.2. The van der Waals surface area contributed by atoms with Gasteiger partial charge in [-0.05, 0) is 68.1 Å². The lowest BCUT2D eigenvalue weighted by atomic mass is 9.91. The number of carbonyl (C=O) groups is 1.